The van der Waals surface area contributed by atoms with Crippen molar-refractivity contribution in [3.05, 3.63) is 29.8 Å². The lowest BCUT2D eigenvalue weighted by molar-refractivity contribution is -0.127. The van der Waals surface area contributed by atoms with Crippen LogP contribution in [0.5, 0.6) is 5.75 Å². The van der Waals surface area contributed by atoms with Crippen molar-refractivity contribution in [2.75, 3.05) is 13.1 Å². The van der Waals surface area contributed by atoms with E-state index >= 15 is 0 Å². The van der Waals surface area contributed by atoms with Gasteiger partial charge in [0.2, 0.25) is 5.91 Å². The third kappa shape index (κ3) is 7.17. The van der Waals surface area contributed by atoms with Gasteiger partial charge in [0, 0.05) is 19.5 Å². The molecule has 0 saturated carbocycles. The van der Waals surface area contributed by atoms with Crippen molar-refractivity contribution >= 4 is 11.8 Å². The molecule has 5 nitrogen and oxygen atoms in total. The van der Waals surface area contributed by atoms with Gasteiger partial charge in [-0.3, -0.25) is 9.59 Å². The van der Waals surface area contributed by atoms with Gasteiger partial charge in [-0.1, -0.05) is 32.9 Å². The normalized spacial score (nSPS) is 11.9. The molecular weight excluding hydrogens is 292 g/mol. The molecule has 0 aliphatic rings. The minimum atomic E-state index is -0.578. The van der Waals surface area contributed by atoms with Crippen molar-refractivity contribution < 1.29 is 14.3 Å². The van der Waals surface area contributed by atoms with Gasteiger partial charge >= 0.3 is 0 Å². The number of nitrogens with one attached hydrogen (secondary N) is 2. The van der Waals surface area contributed by atoms with Gasteiger partial charge in [-0.05, 0) is 37.0 Å². The Morgan fingerprint density at radius 2 is 1.65 bits per heavy atom. The largest absolute Gasteiger partial charge is 0.481 e. The van der Waals surface area contributed by atoms with Crippen LogP contribution in [-0.4, -0.2) is 31.0 Å². The molecule has 1 atom stereocenters. The van der Waals surface area contributed by atoms with E-state index in [0.717, 1.165) is 6.42 Å². The molecule has 0 radical (unpaired) electrons. The molecule has 0 fully saturated rings. The summed E-state index contributed by atoms with van der Waals surface area (Å²) >= 11 is 0. The molecule has 2 N–H and O–H groups in total. The van der Waals surface area contributed by atoms with Crippen LogP contribution in [0, 0.1) is 0 Å². The van der Waals surface area contributed by atoms with E-state index in [1.807, 2.05) is 31.2 Å². The standard InChI is InChI=1S/C18H28N2O3/c1-5-6-17(21)19-11-12-20-18(22)14(4)23-16-9-7-15(8-10-16)13(2)3/h7-10,13-14H,5-6,11-12H2,1-4H3,(H,19,21)(H,20,22). The maximum absolute atomic E-state index is 11.9. The smallest absolute Gasteiger partial charge is 0.260 e. The number of carbonyl (C=O) groups excluding carboxylic acids is 2. The van der Waals surface area contributed by atoms with Crippen LogP contribution in [0.3, 0.4) is 0 Å². The van der Waals surface area contributed by atoms with E-state index in [1.165, 1.54) is 5.56 Å². The Hall–Kier alpha value is -2.04. The number of amides is 2. The molecule has 23 heavy (non-hydrogen) atoms. The second-order valence-corrected chi connectivity index (χ2v) is 5.87. The highest BCUT2D eigenvalue weighted by Crippen LogP contribution is 2.19. The van der Waals surface area contributed by atoms with Crippen LogP contribution in [0.1, 0.15) is 52.0 Å². The Morgan fingerprint density at radius 1 is 1.04 bits per heavy atom. The van der Waals surface area contributed by atoms with Gasteiger partial charge in [0.25, 0.3) is 5.91 Å². The second-order valence-electron chi connectivity index (χ2n) is 5.87. The first kappa shape index (κ1) is 19.0. The Balaban J connectivity index is 2.32. The first-order valence-corrected chi connectivity index (χ1v) is 8.25. The van der Waals surface area contributed by atoms with Crippen molar-refractivity contribution in [1.82, 2.24) is 10.6 Å². The average Bonchev–Trinajstić information content (AvgIpc) is 2.52. The van der Waals surface area contributed by atoms with Gasteiger partial charge in [-0.15, -0.1) is 0 Å². The fourth-order valence-electron chi connectivity index (χ4n) is 2.04. The van der Waals surface area contributed by atoms with E-state index in [1.54, 1.807) is 6.92 Å². The maximum Gasteiger partial charge on any atom is 0.260 e. The lowest BCUT2D eigenvalue weighted by atomic mass is 10.0. The Bertz CT molecular complexity index is 497. The van der Waals surface area contributed by atoms with Crippen LogP contribution >= 0.6 is 0 Å². The van der Waals surface area contributed by atoms with Crippen molar-refractivity contribution in [2.24, 2.45) is 0 Å². The van der Waals surface area contributed by atoms with Crippen molar-refractivity contribution in [3.63, 3.8) is 0 Å². The number of hydrogen-bond acceptors (Lipinski definition) is 3. The van der Waals surface area contributed by atoms with Gasteiger partial charge in [-0.25, -0.2) is 0 Å². The molecule has 0 aliphatic carbocycles. The fraction of sp³-hybridized carbons (Fsp3) is 0.556. The minimum Gasteiger partial charge on any atom is -0.481 e. The Kier molecular flexibility index (Phi) is 8.16. The third-order valence-electron chi connectivity index (χ3n) is 3.45. The Morgan fingerprint density at radius 3 is 2.22 bits per heavy atom. The van der Waals surface area contributed by atoms with Gasteiger partial charge in [-0.2, -0.15) is 0 Å². The molecule has 5 heteroatoms. The van der Waals surface area contributed by atoms with Crippen molar-refractivity contribution in [1.29, 1.82) is 0 Å². The first-order valence-electron chi connectivity index (χ1n) is 8.25. The molecule has 0 saturated heterocycles. The second kappa shape index (κ2) is 9.87. The van der Waals surface area contributed by atoms with Gasteiger partial charge < -0.3 is 15.4 Å². The van der Waals surface area contributed by atoms with Crippen LogP contribution in [0.2, 0.25) is 0 Å². The van der Waals surface area contributed by atoms with Crippen LogP contribution in [0.4, 0.5) is 0 Å². The third-order valence-corrected chi connectivity index (χ3v) is 3.45. The molecule has 0 spiro atoms. The molecule has 1 aromatic carbocycles. The Labute approximate surface area is 138 Å². The molecule has 1 rings (SSSR count). The lowest BCUT2D eigenvalue weighted by Crippen LogP contribution is -2.40. The predicted molar refractivity (Wildman–Crippen MR) is 91.5 cm³/mol. The van der Waals surface area contributed by atoms with E-state index in [9.17, 15) is 9.59 Å². The molecular formula is C18H28N2O3. The fourth-order valence-corrected chi connectivity index (χ4v) is 2.04. The van der Waals surface area contributed by atoms with Crippen molar-refractivity contribution in [3.8, 4) is 5.75 Å². The van der Waals surface area contributed by atoms with Gasteiger partial charge in [0.15, 0.2) is 6.10 Å². The SMILES string of the molecule is CCCC(=O)NCCNC(=O)C(C)Oc1ccc(C(C)C)cc1. The summed E-state index contributed by atoms with van der Waals surface area (Å²) in [6.07, 6.45) is 0.754. The van der Waals surface area contributed by atoms with E-state index in [2.05, 4.69) is 24.5 Å². The average molecular weight is 320 g/mol. The quantitative estimate of drug-likeness (QED) is 0.687. The van der Waals surface area contributed by atoms with E-state index in [-0.39, 0.29) is 11.8 Å². The molecule has 0 aliphatic heterocycles. The molecule has 2 amide bonds. The monoisotopic (exact) mass is 320 g/mol. The summed E-state index contributed by atoms with van der Waals surface area (Å²) in [6.45, 7) is 8.75. The zero-order valence-electron chi connectivity index (χ0n) is 14.5. The number of benzene rings is 1. The molecule has 0 aromatic heterocycles. The van der Waals surface area contributed by atoms with Crippen LogP contribution in [0.25, 0.3) is 0 Å². The highest BCUT2D eigenvalue weighted by molar-refractivity contribution is 5.80. The summed E-state index contributed by atoms with van der Waals surface area (Å²) < 4.78 is 5.63. The summed E-state index contributed by atoms with van der Waals surface area (Å²) in [5, 5.41) is 5.50. The number of hydrogen-bond donors (Lipinski definition) is 2. The van der Waals surface area contributed by atoms with E-state index < -0.39 is 6.10 Å². The maximum atomic E-state index is 11.9. The molecule has 1 aromatic rings. The summed E-state index contributed by atoms with van der Waals surface area (Å²) in [7, 11) is 0. The predicted octanol–water partition coefficient (Wildman–Crippen LogP) is 2.61. The van der Waals surface area contributed by atoms with Gasteiger partial charge in [0.05, 0.1) is 0 Å². The zero-order valence-corrected chi connectivity index (χ0v) is 14.5. The molecule has 1 unspecified atom stereocenters. The number of ether oxygens (including phenoxy) is 1. The summed E-state index contributed by atoms with van der Waals surface area (Å²) in [6, 6.07) is 7.77. The topological polar surface area (TPSA) is 67.4 Å². The highest BCUT2D eigenvalue weighted by Gasteiger charge is 2.14. The summed E-state index contributed by atoms with van der Waals surface area (Å²) in [5.74, 6) is 0.958. The molecule has 0 heterocycles. The summed E-state index contributed by atoms with van der Waals surface area (Å²) in [4.78, 5) is 23.2. The minimum absolute atomic E-state index is 0.0105. The zero-order chi connectivity index (χ0) is 17.2. The molecule has 128 valence electrons. The molecule has 0 bridgehead atoms. The number of carbonyl (C=O) groups is 2. The van der Waals surface area contributed by atoms with E-state index in [4.69, 9.17) is 4.74 Å². The van der Waals surface area contributed by atoms with Gasteiger partial charge in [0.1, 0.15) is 5.75 Å². The summed E-state index contributed by atoms with van der Waals surface area (Å²) in [5.41, 5.74) is 1.23. The van der Waals surface area contributed by atoms with Crippen molar-refractivity contribution in [2.45, 2.75) is 52.6 Å². The van der Waals surface area contributed by atoms with Crippen LogP contribution < -0.4 is 15.4 Å². The number of rotatable bonds is 9. The van der Waals surface area contributed by atoms with E-state index in [0.29, 0.717) is 31.2 Å². The first-order chi connectivity index (χ1) is 10.9. The van der Waals surface area contributed by atoms with Crippen LogP contribution in [0.15, 0.2) is 24.3 Å². The highest BCUT2D eigenvalue weighted by atomic mass is 16.5. The lowest BCUT2D eigenvalue weighted by Gasteiger charge is -2.15. The van der Waals surface area contributed by atoms with Crippen LogP contribution in [-0.2, 0) is 9.59 Å².